The number of nitrogens with zero attached hydrogens (tertiary/aromatic N) is 4. The molecule has 0 amide bonds. The second-order valence-corrected chi connectivity index (χ2v) is 7.78. The lowest BCUT2D eigenvalue weighted by Crippen LogP contribution is -2.23. The molecule has 3 rings (SSSR count). The Labute approximate surface area is 151 Å². The van der Waals surface area contributed by atoms with Crippen molar-refractivity contribution in [1.82, 2.24) is 19.7 Å². The Kier molecular flexibility index (Phi) is 5.54. The van der Waals surface area contributed by atoms with E-state index in [1.807, 2.05) is 30.5 Å². The lowest BCUT2D eigenvalue weighted by molar-refractivity contribution is -0.119. The minimum Gasteiger partial charge on any atom is -0.300 e. The van der Waals surface area contributed by atoms with E-state index in [9.17, 15) is 9.18 Å². The van der Waals surface area contributed by atoms with E-state index >= 15 is 0 Å². The average molecular weight is 362 g/mol. The van der Waals surface area contributed by atoms with Gasteiger partial charge in [-0.1, -0.05) is 18.2 Å². The van der Waals surface area contributed by atoms with Crippen LogP contribution in [0.3, 0.4) is 0 Å². The number of ketones is 1. The number of carbonyl (C=O) groups is 1. The molecule has 0 aliphatic heterocycles. The van der Waals surface area contributed by atoms with E-state index in [1.54, 1.807) is 12.1 Å². The predicted molar refractivity (Wildman–Crippen MR) is 96.5 cm³/mol. The zero-order valence-electron chi connectivity index (χ0n) is 14.8. The molecule has 0 saturated heterocycles. The van der Waals surface area contributed by atoms with Gasteiger partial charge in [0.05, 0.1) is 11.3 Å². The minimum absolute atomic E-state index is 0.0361. The zero-order valence-corrected chi connectivity index (χ0v) is 15.6. The van der Waals surface area contributed by atoms with Crippen molar-refractivity contribution >= 4 is 17.5 Å². The number of benzene rings is 1. The maximum atomic E-state index is 13.3. The first-order chi connectivity index (χ1) is 12.0. The standard InChI is InChI=1S/C18H23FN4OS/c1-12(22(2)3)17-20-21-18(25-16-7-5-4-6-15(16)24)23(17)14-10-8-13(19)9-11-14/h8-12,16H,4-7H2,1-3H3/t12-,16+/m0/s1. The highest BCUT2D eigenvalue weighted by molar-refractivity contribution is 8.00. The molecule has 5 nitrogen and oxygen atoms in total. The number of Topliss-reactive ketones (excluding diaryl/α,β-unsaturated/α-hetero) is 1. The highest BCUT2D eigenvalue weighted by atomic mass is 32.2. The lowest BCUT2D eigenvalue weighted by Gasteiger charge is -2.22. The monoisotopic (exact) mass is 362 g/mol. The maximum Gasteiger partial charge on any atom is 0.196 e. The Bertz CT molecular complexity index is 744. The Morgan fingerprint density at radius 3 is 2.60 bits per heavy atom. The molecule has 1 aromatic carbocycles. The van der Waals surface area contributed by atoms with Gasteiger partial charge in [-0.15, -0.1) is 10.2 Å². The molecular weight excluding hydrogens is 339 g/mol. The van der Waals surface area contributed by atoms with Crippen LogP contribution in [0.25, 0.3) is 5.69 Å². The van der Waals surface area contributed by atoms with Crippen molar-refractivity contribution in [2.45, 2.75) is 49.1 Å². The summed E-state index contributed by atoms with van der Waals surface area (Å²) in [6.07, 6.45) is 3.56. The molecule has 0 N–H and O–H groups in total. The van der Waals surface area contributed by atoms with E-state index in [0.29, 0.717) is 11.6 Å². The molecule has 1 aromatic heterocycles. The lowest BCUT2D eigenvalue weighted by atomic mass is 9.99. The van der Waals surface area contributed by atoms with Gasteiger partial charge in [-0.25, -0.2) is 4.39 Å². The molecule has 7 heteroatoms. The van der Waals surface area contributed by atoms with E-state index in [0.717, 1.165) is 30.8 Å². The highest BCUT2D eigenvalue weighted by Gasteiger charge is 2.28. The summed E-state index contributed by atoms with van der Waals surface area (Å²) in [5.74, 6) is 0.783. The third-order valence-electron chi connectivity index (χ3n) is 4.64. The quantitative estimate of drug-likeness (QED) is 0.813. The number of hydrogen-bond donors (Lipinski definition) is 0. The summed E-state index contributed by atoms with van der Waals surface area (Å²) in [5.41, 5.74) is 0.806. The molecule has 0 unspecified atom stereocenters. The minimum atomic E-state index is -0.282. The van der Waals surface area contributed by atoms with Gasteiger partial charge in [-0.3, -0.25) is 14.3 Å². The van der Waals surface area contributed by atoms with Crippen LogP contribution >= 0.6 is 11.8 Å². The number of carbonyl (C=O) groups excluding carboxylic acids is 1. The van der Waals surface area contributed by atoms with Gasteiger partial charge in [-0.05, 0) is 58.1 Å². The van der Waals surface area contributed by atoms with Crippen molar-refractivity contribution < 1.29 is 9.18 Å². The SMILES string of the molecule is C[C@@H](c1nnc(S[C@@H]2CCCCC2=O)n1-c1ccc(F)cc1)N(C)C. The van der Waals surface area contributed by atoms with Crippen LogP contribution in [-0.2, 0) is 4.79 Å². The fraction of sp³-hybridized carbons (Fsp3) is 0.500. The van der Waals surface area contributed by atoms with E-state index in [1.165, 1.54) is 23.9 Å². The van der Waals surface area contributed by atoms with Gasteiger partial charge in [0.15, 0.2) is 11.0 Å². The Hall–Kier alpha value is -1.73. The number of thioether (sulfide) groups is 1. The van der Waals surface area contributed by atoms with Crippen molar-refractivity contribution in [1.29, 1.82) is 0 Å². The van der Waals surface area contributed by atoms with Gasteiger partial charge >= 0.3 is 0 Å². The van der Waals surface area contributed by atoms with Gasteiger partial charge < -0.3 is 0 Å². The molecule has 1 saturated carbocycles. The molecule has 0 radical (unpaired) electrons. The van der Waals surface area contributed by atoms with Crippen molar-refractivity contribution in [3.8, 4) is 5.69 Å². The van der Waals surface area contributed by atoms with Crippen molar-refractivity contribution in [2.24, 2.45) is 0 Å². The van der Waals surface area contributed by atoms with E-state index < -0.39 is 0 Å². The van der Waals surface area contributed by atoms with Crippen LogP contribution in [0.4, 0.5) is 4.39 Å². The number of hydrogen-bond acceptors (Lipinski definition) is 5. The molecule has 1 heterocycles. The van der Waals surface area contributed by atoms with Crippen LogP contribution in [-0.4, -0.2) is 44.8 Å². The maximum absolute atomic E-state index is 13.3. The second-order valence-electron chi connectivity index (χ2n) is 6.61. The first kappa shape index (κ1) is 18.1. The van der Waals surface area contributed by atoms with Gasteiger partial charge in [0, 0.05) is 12.1 Å². The van der Waals surface area contributed by atoms with Gasteiger partial charge in [0.25, 0.3) is 0 Å². The van der Waals surface area contributed by atoms with Crippen molar-refractivity contribution in [3.63, 3.8) is 0 Å². The zero-order chi connectivity index (χ0) is 18.0. The van der Waals surface area contributed by atoms with Crippen LogP contribution in [0.5, 0.6) is 0 Å². The van der Waals surface area contributed by atoms with Crippen LogP contribution in [0, 0.1) is 5.82 Å². The van der Waals surface area contributed by atoms with Crippen LogP contribution in [0.15, 0.2) is 29.4 Å². The largest absolute Gasteiger partial charge is 0.300 e. The molecule has 134 valence electrons. The normalized spacial score (nSPS) is 19.4. The Morgan fingerprint density at radius 2 is 1.96 bits per heavy atom. The third-order valence-corrected chi connectivity index (χ3v) is 5.90. The summed E-state index contributed by atoms with van der Waals surface area (Å²) in [5, 5.41) is 9.34. The number of halogens is 1. The van der Waals surface area contributed by atoms with Crippen molar-refractivity contribution in [2.75, 3.05) is 14.1 Å². The van der Waals surface area contributed by atoms with E-state index in [4.69, 9.17) is 0 Å². The molecular formula is C18H23FN4OS. The first-order valence-electron chi connectivity index (χ1n) is 8.54. The van der Waals surface area contributed by atoms with Crippen LogP contribution < -0.4 is 0 Å². The Balaban J connectivity index is 2.00. The molecule has 2 atom stereocenters. The van der Waals surface area contributed by atoms with Gasteiger partial charge in [0.1, 0.15) is 11.6 Å². The summed E-state index contributed by atoms with van der Waals surface area (Å²) < 4.78 is 15.3. The first-order valence-corrected chi connectivity index (χ1v) is 9.42. The summed E-state index contributed by atoms with van der Waals surface area (Å²) in [4.78, 5) is 14.2. The van der Waals surface area contributed by atoms with Crippen LogP contribution in [0.2, 0.25) is 0 Å². The molecule has 1 aliphatic carbocycles. The smallest absolute Gasteiger partial charge is 0.196 e. The predicted octanol–water partition coefficient (Wildman–Crippen LogP) is 3.63. The molecule has 25 heavy (non-hydrogen) atoms. The summed E-state index contributed by atoms with van der Waals surface area (Å²) in [7, 11) is 3.96. The van der Waals surface area contributed by atoms with Gasteiger partial charge in [-0.2, -0.15) is 0 Å². The summed E-state index contributed by atoms with van der Waals surface area (Å²) in [6, 6.07) is 6.34. The fourth-order valence-electron chi connectivity index (χ4n) is 2.89. The average Bonchev–Trinajstić information content (AvgIpc) is 3.00. The molecule has 1 fully saturated rings. The topological polar surface area (TPSA) is 51.0 Å². The molecule has 2 aromatic rings. The third kappa shape index (κ3) is 3.93. The van der Waals surface area contributed by atoms with Gasteiger partial charge in [0.2, 0.25) is 0 Å². The van der Waals surface area contributed by atoms with Crippen LogP contribution in [0.1, 0.15) is 44.5 Å². The summed E-state index contributed by atoms with van der Waals surface area (Å²) in [6.45, 7) is 2.05. The number of rotatable bonds is 5. The fourth-order valence-corrected chi connectivity index (χ4v) is 4.08. The Morgan fingerprint density at radius 1 is 1.24 bits per heavy atom. The molecule has 0 bridgehead atoms. The van der Waals surface area contributed by atoms with E-state index in [-0.39, 0.29) is 22.9 Å². The van der Waals surface area contributed by atoms with Crippen molar-refractivity contribution in [3.05, 3.63) is 35.9 Å². The number of aromatic nitrogens is 3. The molecule has 1 aliphatic rings. The summed E-state index contributed by atoms with van der Waals surface area (Å²) >= 11 is 1.48. The van der Waals surface area contributed by atoms with E-state index in [2.05, 4.69) is 10.2 Å². The second kappa shape index (κ2) is 7.66. The molecule has 0 spiro atoms. The highest BCUT2D eigenvalue weighted by Crippen LogP contribution is 2.33.